The van der Waals surface area contributed by atoms with Crippen LogP contribution in [0.15, 0.2) is 88.3 Å². The summed E-state index contributed by atoms with van der Waals surface area (Å²) in [5, 5.41) is 1.05. The molecular formula is C26H21BrN4. The first kappa shape index (κ1) is 19.6. The highest BCUT2D eigenvalue weighted by Crippen LogP contribution is 2.31. The minimum absolute atomic E-state index is 0.267. The molecule has 0 saturated heterocycles. The summed E-state index contributed by atoms with van der Waals surface area (Å²) in [5.41, 5.74) is 5.68. The van der Waals surface area contributed by atoms with Gasteiger partial charge < -0.3 is 4.57 Å². The van der Waals surface area contributed by atoms with Gasteiger partial charge in [0.2, 0.25) is 0 Å². The third kappa shape index (κ3) is 3.66. The predicted octanol–water partition coefficient (Wildman–Crippen LogP) is 7.35. The molecule has 31 heavy (non-hydrogen) atoms. The molecule has 2 aromatic heterocycles. The highest BCUT2D eigenvalue weighted by atomic mass is 79.9. The zero-order valence-electron chi connectivity index (χ0n) is 17.3. The Bertz CT molecular complexity index is 1430. The van der Waals surface area contributed by atoms with Crippen molar-refractivity contribution in [3.05, 3.63) is 88.9 Å². The predicted molar refractivity (Wildman–Crippen MR) is 132 cm³/mol. The van der Waals surface area contributed by atoms with E-state index >= 15 is 0 Å². The van der Waals surface area contributed by atoms with Crippen molar-refractivity contribution in [3.63, 3.8) is 0 Å². The van der Waals surface area contributed by atoms with Crippen molar-refractivity contribution in [1.82, 2.24) is 14.5 Å². The number of halogens is 1. The van der Waals surface area contributed by atoms with E-state index < -0.39 is 0 Å². The SMILES string of the molecule is CC(C)n1c(-c2ccc3cccc(N=Cc4ccccc4Br)c3n2)nc2ccccc21. The molecule has 0 saturated carbocycles. The first-order chi connectivity index (χ1) is 15.1. The largest absolute Gasteiger partial charge is 0.320 e. The first-order valence-corrected chi connectivity index (χ1v) is 11.1. The van der Waals surface area contributed by atoms with Gasteiger partial charge in [-0.3, -0.25) is 4.99 Å². The van der Waals surface area contributed by atoms with E-state index in [1.807, 2.05) is 60.8 Å². The average molecular weight is 469 g/mol. The molecule has 0 aliphatic rings. The van der Waals surface area contributed by atoms with Crippen molar-refractivity contribution in [1.29, 1.82) is 0 Å². The van der Waals surface area contributed by atoms with Crippen LogP contribution in [0.1, 0.15) is 25.5 Å². The van der Waals surface area contributed by atoms with Gasteiger partial charge in [-0.25, -0.2) is 9.97 Å². The third-order valence-corrected chi connectivity index (χ3v) is 6.01. The van der Waals surface area contributed by atoms with Gasteiger partial charge in [0.15, 0.2) is 5.82 Å². The van der Waals surface area contributed by atoms with Gasteiger partial charge in [0.25, 0.3) is 0 Å². The van der Waals surface area contributed by atoms with Crippen LogP contribution < -0.4 is 0 Å². The Morgan fingerprint density at radius 3 is 2.52 bits per heavy atom. The van der Waals surface area contributed by atoms with Crippen LogP contribution in [0.5, 0.6) is 0 Å². The topological polar surface area (TPSA) is 43.1 Å². The number of hydrogen-bond donors (Lipinski definition) is 0. The zero-order valence-corrected chi connectivity index (χ0v) is 18.9. The number of aliphatic imine (C=N–C) groups is 1. The fourth-order valence-corrected chi connectivity index (χ4v) is 4.21. The minimum atomic E-state index is 0.267. The van der Waals surface area contributed by atoms with Crippen LogP contribution in [0, 0.1) is 0 Å². The maximum atomic E-state index is 5.01. The standard InChI is InChI=1S/C26H21BrN4/c1-17(2)31-24-13-6-5-11-21(24)30-26(31)23-15-14-18-9-7-12-22(25(18)29-23)28-16-19-8-3-4-10-20(19)27/h3-17H,1-2H3. The minimum Gasteiger partial charge on any atom is -0.320 e. The Hall–Kier alpha value is -3.31. The van der Waals surface area contributed by atoms with Crippen LogP contribution in [0.2, 0.25) is 0 Å². The van der Waals surface area contributed by atoms with Crippen molar-refractivity contribution < 1.29 is 0 Å². The smallest absolute Gasteiger partial charge is 0.160 e. The van der Waals surface area contributed by atoms with Gasteiger partial charge in [-0.05, 0) is 44.2 Å². The van der Waals surface area contributed by atoms with Gasteiger partial charge in [0.05, 0.1) is 22.2 Å². The highest BCUT2D eigenvalue weighted by Gasteiger charge is 2.16. The molecule has 152 valence electrons. The number of pyridine rings is 1. The van der Waals surface area contributed by atoms with Crippen molar-refractivity contribution in [3.8, 4) is 11.5 Å². The summed E-state index contributed by atoms with van der Waals surface area (Å²) in [5.74, 6) is 0.877. The molecule has 5 aromatic rings. The molecule has 5 rings (SSSR count). The Labute approximate surface area is 189 Å². The lowest BCUT2D eigenvalue weighted by Gasteiger charge is -2.13. The molecule has 0 unspecified atom stereocenters. The normalized spacial score (nSPS) is 11.9. The number of benzene rings is 3. The van der Waals surface area contributed by atoms with Crippen LogP contribution in [0.25, 0.3) is 33.5 Å². The summed E-state index contributed by atoms with van der Waals surface area (Å²) in [7, 11) is 0. The van der Waals surface area contributed by atoms with Gasteiger partial charge in [-0.2, -0.15) is 0 Å². The van der Waals surface area contributed by atoms with Crippen LogP contribution in [0.3, 0.4) is 0 Å². The van der Waals surface area contributed by atoms with Gasteiger partial charge in [-0.1, -0.05) is 64.5 Å². The van der Waals surface area contributed by atoms with Crippen molar-refractivity contribution in [2.24, 2.45) is 4.99 Å². The Balaban J connectivity index is 1.66. The summed E-state index contributed by atoms with van der Waals surface area (Å²) in [6.07, 6.45) is 1.87. The van der Waals surface area contributed by atoms with Crippen LogP contribution in [-0.4, -0.2) is 20.7 Å². The third-order valence-electron chi connectivity index (χ3n) is 5.29. The molecule has 2 heterocycles. The molecule has 0 atom stereocenters. The number of aromatic nitrogens is 3. The maximum absolute atomic E-state index is 5.01. The summed E-state index contributed by atoms with van der Waals surface area (Å²) in [6, 6.07) is 26.8. The van der Waals surface area contributed by atoms with E-state index in [1.165, 1.54) is 0 Å². The van der Waals surface area contributed by atoms with E-state index in [4.69, 9.17) is 15.0 Å². The molecule has 3 aromatic carbocycles. The fraction of sp³-hybridized carbons (Fsp3) is 0.115. The second-order valence-electron chi connectivity index (χ2n) is 7.71. The number of nitrogens with zero attached hydrogens (tertiary/aromatic N) is 4. The van der Waals surface area contributed by atoms with E-state index in [2.05, 4.69) is 58.6 Å². The zero-order chi connectivity index (χ0) is 21.4. The summed E-state index contributed by atoms with van der Waals surface area (Å²) >= 11 is 3.58. The number of hydrogen-bond acceptors (Lipinski definition) is 3. The van der Waals surface area contributed by atoms with Gasteiger partial charge >= 0.3 is 0 Å². The fourth-order valence-electron chi connectivity index (χ4n) is 3.83. The molecular weight excluding hydrogens is 448 g/mol. The van der Waals surface area contributed by atoms with Crippen molar-refractivity contribution in [2.45, 2.75) is 19.9 Å². The summed E-state index contributed by atoms with van der Waals surface area (Å²) in [4.78, 5) is 14.7. The first-order valence-electron chi connectivity index (χ1n) is 10.3. The van der Waals surface area contributed by atoms with Crippen molar-refractivity contribution >= 4 is 49.8 Å². The number of para-hydroxylation sites is 3. The van der Waals surface area contributed by atoms with Gasteiger partial charge in [0, 0.05) is 27.7 Å². The molecule has 0 aliphatic carbocycles. The van der Waals surface area contributed by atoms with Crippen molar-refractivity contribution in [2.75, 3.05) is 0 Å². The molecule has 0 aliphatic heterocycles. The molecule has 0 N–H and O–H groups in total. The number of fused-ring (bicyclic) bond motifs is 2. The second-order valence-corrected chi connectivity index (χ2v) is 8.57. The van der Waals surface area contributed by atoms with E-state index in [-0.39, 0.29) is 6.04 Å². The van der Waals surface area contributed by atoms with Crippen LogP contribution in [-0.2, 0) is 0 Å². The van der Waals surface area contributed by atoms with E-state index in [0.717, 1.165) is 49.2 Å². The van der Waals surface area contributed by atoms with Gasteiger partial charge in [0.1, 0.15) is 5.69 Å². The lowest BCUT2D eigenvalue weighted by molar-refractivity contribution is 0.623. The van der Waals surface area contributed by atoms with E-state index in [1.54, 1.807) is 0 Å². The molecule has 0 spiro atoms. The summed E-state index contributed by atoms with van der Waals surface area (Å²) < 4.78 is 3.26. The lowest BCUT2D eigenvalue weighted by Crippen LogP contribution is -2.04. The molecule has 0 fully saturated rings. The van der Waals surface area contributed by atoms with Crippen LogP contribution in [0.4, 0.5) is 5.69 Å². The molecule has 5 heteroatoms. The second kappa shape index (κ2) is 8.08. The highest BCUT2D eigenvalue weighted by molar-refractivity contribution is 9.10. The molecule has 0 radical (unpaired) electrons. The summed E-state index contributed by atoms with van der Waals surface area (Å²) in [6.45, 7) is 4.35. The quantitative estimate of drug-likeness (QED) is 0.258. The molecule has 0 bridgehead atoms. The lowest BCUT2D eigenvalue weighted by atomic mass is 10.1. The number of rotatable bonds is 4. The van der Waals surface area contributed by atoms with E-state index in [9.17, 15) is 0 Å². The van der Waals surface area contributed by atoms with Crippen LogP contribution >= 0.6 is 15.9 Å². The van der Waals surface area contributed by atoms with Gasteiger partial charge in [-0.15, -0.1) is 0 Å². The Morgan fingerprint density at radius 2 is 1.68 bits per heavy atom. The molecule has 4 nitrogen and oxygen atoms in total. The average Bonchev–Trinajstić information content (AvgIpc) is 3.18. The van der Waals surface area contributed by atoms with E-state index in [0.29, 0.717) is 0 Å². The number of imidazole rings is 1. The monoisotopic (exact) mass is 468 g/mol. The Kier molecular flexibility index (Phi) is 5.12. The molecule has 0 amide bonds. The maximum Gasteiger partial charge on any atom is 0.160 e. The Morgan fingerprint density at radius 1 is 0.871 bits per heavy atom.